The number of hydrogen-bond donors (Lipinski definition) is 1. The molecule has 2 aliphatic carbocycles. The fourth-order valence-corrected chi connectivity index (χ4v) is 2.66. The van der Waals surface area contributed by atoms with Crippen LogP contribution in [-0.2, 0) is 6.54 Å². The molecular weight excluding hydrogens is 210 g/mol. The maximum absolute atomic E-state index is 4.54. The van der Waals surface area contributed by atoms with Crippen molar-refractivity contribution in [2.45, 2.75) is 57.5 Å². The molecular formula is C14H21N3. The van der Waals surface area contributed by atoms with Gasteiger partial charge in [0.1, 0.15) is 5.82 Å². The van der Waals surface area contributed by atoms with Crippen molar-refractivity contribution >= 4 is 0 Å². The zero-order valence-corrected chi connectivity index (χ0v) is 10.5. The third kappa shape index (κ3) is 2.83. The summed E-state index contributed by atoms with van der Waals surface area (Å²) in [5.41, 5.74) is 1.21. The van der Waals surface area contributed by atoms with Crippen LogP contribution in [0.1, 0.15) is 56.3 Å². The molecule has 3 rings (SSSR count). The van der Waals surface area contributed by atoms with Crippen LogP contribution in [0.2, 0.25) is 0 Å². The van der Waals surface area contributed by atoms with E-state index in [1.807, 2.05) is 12.4 Å². The smallest absolute Gasteiger partial charge is 0.131 e. The lowest BCUT2D eigenvalue weighted by Gasteiger charge is -2.08. The highest BCUT2D eigenvalue weighted by Crippen LogP contribution is 2.36. The second kappa shape index (κ2) is 4.73. The van der Waals surface area contributed by atoms with E-state index >= 15 is 0 Å². The van der Waals surface area contributed by atoms with Crippen LogP contribution in [0.25, 0.3) is 0 Å². The largest absolute Gasteiger partial charge is 0.310 e. The average molecular weight is 231 g/mol. The Balaban J connectivity index is 1.58. The Labute approximate surface area is 103 Å². The van der Waals surface area contributed by atoms with E-state index in [9.17, 15) is 0 Å². The molecule has 2 fully saturated rings. The first-order valence-electron chi connectivity index (χ1n) is 6.85. The number of aromatic nitrogens is 2. The first kappa shape index (κ1) is 11.1. The second-order valence-corrected chi connectivity index (χ2v) is 5.72. The Morgan fingerprint density at radius 1 is 1.18 bits per heavy atom. The molecule has 0 saturated heterocycles. The molecule has 0 bridgehead atoms. The first-order chi connectivity index (χ1) is 8.31. The van der Waals surface area contributed by atoms with Crippen molar-refractivity contribution in [3.8, 4) is 0 Å². The highest BCUT2D eigenvalue weighted by atomic mass is 15.0. The monoisotopic (exact) mass is 231 g/mol. The molecule has 3 heteroatoms. The van der Waals surface area contributed by atoms with Gasteiger partial charge in [0.25, 0.3) is 0 Å². The van der Waals surface area contributed by atoms with Gasteiger partial charge in [-0.1, -0.05) is 6.92 Å². The zero-order chi connectivity index (χ0) is 11.7. The van der Waals surface area contributed by atoms with Crippen molar-refractivity contribution in [2.75, 3.05) is 0 Å². The average Bonchev–Trinajstić information content (AvgIpc) is 3.09. The van der Waals surface area contributed by atoms with Crippen molar-refractivity contribution in [1.29, 1.82) is 0 Å². The van der Waals surface area contributed by atoms with Gasteiger partial charge in [-0.05, 0) is 38.0 Å². The zero-order valence-electron chi connectivity index (χ0n) is 10.5. The van der Waals surface area contributed by atoms with E-state index in [2.05, 4.69) is 22.2 Å². The third-order valence-electron chi connectivity index (χ3n) is 3.96. The summed E-state index contributed by atoms with van der Waals surface area (Å²) in [4.78, 5) is 9.08. The molecule has 0 aliphatic heterocycles. The van der Waals surface area contributed by atoms with Gasteiger partial charge in [0.05, 0.1) is 0 Å². The van der Waals surface area contributed by atoms with Crippen LogP contribution < -0.4 is 5.32 Å². The van der Waals surface area contributed by atoms with E-state index in [0.717, 1.165) is 24.3 Å². The third-order valence-corrected chi connectivity index (χ3v) is 3.96. The minimum Gasteiger partial charge on any atom is -0.310 e. The molecule has 1 aromatic heterocycles. The molecule has 0 radical (unpaired) electrons. The molecule has 17 heavy (non-hydrogen) atoms. The standard InChI is InChI=1S/C14H21N3/c1-10-2-3-12(6-10)14-16-8-11(9-17-14)7-15-13-4-5-13/h8-10,12-13,15H,2-7H2,1H3. The van der Waals surface area contributed by atoms with E-state index < -0.39 is 0 Å². The molecule has 92 valence electrons. The highest BCUT2D eigenvalue weighted by molar-refractivity contribution is 5.09. The number of nitrogens with one attached hydrogen (secondary N) is 1. The van der Waals surface area contributed by atoms with Crippen LogP contribution in [0.5, 0.6) is 0 Å². The van der Waals surface area contributed by atoms with Gasteiger partial charge in [-0.2, -0.15) is 0 Å². The highest BCUT2D eigenvalue weighted by Gasteiger charge is 2.25. The quantitative estimate of drug-likeness (QED) is 0.865. The lowest BCUT2D eigenvalue weighted by Crippen LogP contribution is -2.16. The second-order valence-electron chi connectivity index (χ2n) is 5.72. The number of hydrogen-bond acceptors (Lipinski definition) is 3. The Bertz CT molecular complexity index is 370. The lowest BCUT2D eigenvalue weighted by molar-refractivity contribution is 0.584. The van der Waals surface area contributed by atoms with Crippen LogP contribution in [0, 0.1) is 5.92 Å². The summed E-state index contributed by atoms with van der Waals surface area (Å²) < 4.78 is 0. The van der Waals surface area contributed by atoms with E-state index in [-0.39, 0.29) is 0 Å². The van der Waals surface area contributed by atoms with Gasteiger partial charge in [-0.25, -0.2) is 9.97 Å². The van der Waals surface area contributed by atoms with Crippen LogP contribution in [0.4, 0.5) is 0 Å². The van der Waals surface area contributed by atoms with Gasteiger partial charge in [-0.15, -0.1) is 0 Å². The van der Waals surface area contributed by atoms with Crippen molar-refractivity contribution < 1.29 is 0 Å². The molecule has 2 unspecified atom stereocenters. The van der Waals surface area contributed by atoms with E-state index in [4.69, 9.17) is 0 Å². The molecule has 3 nitrogen and oxygen atoms in total. The molecule has 1 aromatic rings. The molecule has 2 saturated carbocycles. The Morgan fingerprint density at radius 2 is 1.94 bits per heavy atom. The summed E-state index contributed by atoms with van der Waals surface area (Å²) in [5.74, 6) is 2.51. The summed E-state index contributed by atoms with van der Waals surface area (Å²) in [7, 11) is 0. The molecule has 0 spiro atoms. The van der Waals surface area contributed by atoms with Crippen molar-refractivity contribution in [2.24, 2.45) is 5.92 Å². The lowest BCUT2D eigenvalue weighted by atomic mass is 10.1. The van der Waals surface area contributed by atoms with Gasteiger partial charge >= 0.3 is 0 Å². The summed E-state index contributed by atoms with van der Waals surface area (Å²) in [6, 6.07) is 0.755. The maximum atomic E-state index is 4.54. The molecule has 0 aromatic carbocycles. The van der Waals surface area contributed by atoms with E-state index in [1.165, 1.54) is 37.7 Å². The van der Waals surface area contributed by atoms with Gasteiger partial charge in [0.2, 0.25) is 0 Å². The number of nitrogens with zero attached hydrogens (tertiary/aromatic N) is 2. The normalized spacial score (nSPS) is 28.5. The van der Waals surface area contributed by atoms with Crippen LogP contribution in [0.3, 0.4) is 0 Å². The summed E-state index contributed by atoms with van der Waals surface area (Å²) in [6.07, 6.45) is 10.5. The fraction of sp³-hybridized carbons (Fsp3) is 0.714. The van der Waals surface area contributed by atoms with Crippen LogP contribution >= 0.6 is 0 Å². The minimum atomic E-state index is 0.607. The molecule has 0 amide bonds. The van der Waals surface area contributed by atoms with Crippen molar-refractivity contribution in [1.82, 2.24) is 15.3 Å². The van der Waals surface area contributed by atoms with Crippen LogP contribution in [0.15, 0.2) is 12.4 Å². The Kier molecular flexibility index (Phi) is 3.10. The van der Waals surface area contributed by atoms with Crippen molar-refractivity contribution in [3.63, 3.8) is 0 Å². The molecule has 2 atom stereocenters. The SMILES string of the molecule is CC1CCC(c2ncc(CNC3CC3)cn2)C1. The molecule has 1 heterocycles. The van der Waals surface area contributed by atoms with Crippen molar-refractivity contribution in [3.05, 3.63) is 23.8 Å². The first-order valence-corrected chi connectivity index (χ1v) is 6.85. The summed E-state index contributed by atoms with van der Waals surface area (Å²) in [6.45, 7) is 3.25. The van der Waals surface area contributed by atoms with Gasteiger partial charge in [0.15, 0.2) is 0 Å². The predicted molar refractivity (Wildman–Crippen MR) is 67.6 cm³/mol. The minimum absolute atomic E-state index is 0.607. The molecule has 1 N–H and O–H groups in total. The topological polar surface area (TPSA) is 37.8 Å². The van der Waals surface area contributed by atoms with E-state index in [0.29, 0.717) is 5.92 Å². The Hall–Kier alpha value is -0.960. The maximum Gasteiger partial charge on any atom is 0.131 e. The summed E-state index contributed by atoms with van der Waals surface area (Å²) in [5, 5.41) is 3.49. The van der Waals surface area contributed by atoms with Gasteiger partial charge in [0, 0.05) is 36.5 Å². The fourth-order valence-electron chi connectivity index (χ4n) is 2.66. The summed E-state index contributed by atoms with van der Waals surface area (Å²) >= 11 is 0. The van der Waals surface area contributed by atoms with Crippen LogP contribution in [-0.4, -0.2) is 16.0 Å². The number of rotatable bonds is 4. The van der Waals surface area contributed by atoms with E-state index in [1.54, 1.807) is 0 Å². The van der Waals surface area contributed by atoms with Gasteiger partial charge < -0.3 is 5.32 Å². The molecule has 2 aliphatic rings. The Morgan fingerprint density at radius 3 is 2.53 bits per heavy atom. The predicted octanol–water partition coefficient (Wildman–Crippen LogP) is 2.63. The van der Waals surface area contributed by atoms with Gasteiger partial charge in [-0.3, -0.25) is 0 Å².